The predicted octanol–water partition coefficient (Wildman–Crippen LogP) is 3.30. The zero-order valence-electron chi connectivity index (χ0n) is 14.0. The minimum atomic E-state index is 0.275. The van der Waals surface area contributed by atoms with Gasteiger partial charge in [-0.05, 0) is 42.9 Å². The van der Waals surface area contributed by atoms with E-state index in [4.69, 9.17) is 9.47 Å². The summed E-state index contributed by atoms with van der Waals surface area (Å²) in [6.45, 7) is 2.46. The van der Waals surface area contributed by atoms with Crippen LogP contribution in [0.3, 0.4) is 0 Å². The third kappa shape index (κ3) is 3.93. The molecule has 0 bridgehead atoms. The highest BCUT2D eigenvalue weighted by Crippen LogP contribution is 2.32. The normalized spacial score (nSPS) is 23.1. The Hall–Kier alpha value is -1.26. The van der Waals surface area contributed by atoms with E-state index in [9.17, 15) is 5.11 Å². The third-order valence-electron chi connectivity index (χ3n) is 4.78. The number of rotatable bonds is 7. The largest absolute Gasteiger partial charge is 0.493 e. The van der Waals surface area contributed by atoms with Crippen molar-refractivity contribution in [1.82, 2.24) is 5.32 Å². The smallest absolute Gasteiger partial charge is 0.161 e. The molecule has 0 aliphatic heterocycles. The van der Waals surface area contributed by atoms with Gasteiger partial charge in [0, 0.05) is 18.7 Å². The first kappa shape index (κ1) is 17.1. The van der Waals surface area contributed by atoms with Crippen LogP contribution < -0.4 is 14.8 Å². The van der Waals surface area contributed by atoms with Crippen LogP contribution in [0.5, 0.6) is 11.5 Å². The number of benzene rings is 1. The average molecular weight is 307 g/mol. The van der Waals surface area contributed by atoms with Gasteiger partial charge < -0.3 is 19.9 Å². The summed E-state index contributed by atoms with van der Waals surface area (Å²) in [7, 11) is 3.32. The number of nitrogens with one attached hydrogen (secondary N) is 1. The van der Waals surface area contributed by atoms with Gasteiger partial charge in [-0.2, -0.15) is 0 Å². The zero-order chi connectivity index (χ0) is 15.9. The predicted molar refractivity (Wildman–Crippen MR) is 88.5 cm³/mol. The Labute approximate surface area is 133 Å². The van der Waals surface area contributed by atoms with E-state index in [1.54, 1.807) is 14.2 Å². The number of aliphatic hydroxyl groups is 1. The maximum Gasteiger partial charge on any atom is 0.161 e. The molecule has 3 unspecified atom stereocenters. The van der Waals surface area contributed by atoms with Crippen molar-refractivity contribution in [2.75, 3.05) is 20.8 Å². The molecule has 1 fully saturated rings. The van der Waals surface area contributed by atoms with Crippen molar-refractivity contribution in [2.45, 2.75) is 51.1 Å². The van der Waals surface area contributed by atoms with Crippen molar-refractivity contribution in [3.63, 3.8) is 0 Å². The van der Waals surface area contributed by atoms with E-state index in [0.29, 0.717) is 12.0 Å². The van der Waals surface area contributed by atoms with Crippen LogP contribution in [0.4, 0.5) is 0 Å². The first-order chi connectivity index (χ1) is 10.7. The SMILES string of the molecule is CCC(NC1CCCCC1CO)c1ccc(OC)c(OC)c1. The minimum Gasteiger partial charge on any atom is -0.493 e. The van der Waals surface area contributed by atoms with Crippen LogP contribution >= 0.6 is 0 Å². The van der Waals surface area contributed by atoms with Gasteiger partial charge in [0.05, 0.1) is 14.2 Å². The van der Waals surface area contributed by atoms with E-state index >= 15 is 0 Å². The summed E-state index contributed by atoms with van der Waals surface area (Å²) in [5.74, 6) is 1.90. The van der Waals surface area contributed by atoms with Crippen molar-refractivity contribution < 1.29 is 14.6 Å². The Balaban J connectivity index is 2.13. The van der Waals surface area contributed by atoms with Crippen LogP contribution in [-0.4, -0.2) is 32.0 Å². The van der Waals surface area contributed by atoms with Gasteiger partial charge in [0.15, 0.2) is 11.5 Å². The van der Waals surface area contributed by atoms with Gasteiger partial charge >= 0.3 is 0 Å². The maximum absolute atomic E-state index is 9.59. The molecule has 0 saturated heterocycles. The van der Waals surface area contributed by atoms with Crippen LogP contribution in [0, 0.1) is 5.92 Å². The van der Waals surface area contributed by atoms with Crippen LogP contribution in [0.25, 0.3) is 0 Å². The van der Waals surface area contributed by atoms with Gasteiger partial charge in [0.1, 0.15) is 0 Å². The molecule has 2 N–H and O–H groups in total. The number of hydrogen-bond donors (Lipinski definition) is 2. The molecule has 0 heterocycles. The maximum atomic E-state index is 9.59. The molecule has 2 rings (SSSR count). The fourth-order valence-corrected chi connectivity index (χ4v) is 3.42. The Bertz CT molecular complexity index is 464. The highest BCUT2D eigenvalue weighted by Gasteiger charge is 2.26. The topological polar surface area (TPSA) is 50.7 Å². The first-order valence-electron chi connectivity index (χ1n) is 8.32. The van der Waals surface area contributed by atoms with Gasteiger partial charge in [0.2, 0.25) is 0 Å². The molecular formula is C18H29NO3. The highest BCUT2D eigenvalue weighted by molar-refractivity contribution is 5.43. The number of ether oxygens (including phenoxy) is 2. The highest BCUT2D eigenvalue weighted by atomic mass is 16.5. The summed E-state index contributed by atoms with van der Waals surface area (Å²) in [6.07, 6.45) is 5.75. The van der Waals surface area contributed by atoms with E-state index in [1.165, 1.54) is 18.4 Å². The van der Waals surface area contributed by atoms with E-state index in [-0.39, 0.29) is 12.6 Å². The van der Waals surface area contributed by atoms with Gasteiger partial charge in [0.25, 0.3) is 0 Å². The number of hydrogen-bond acceptors (Lipinski definition) is 4. The third-order valence-corrected chi connectivity index (χ3v) is 4.78. The zero-order valence-corrected chi connectivity index (χ0v) is 14.0. The molecule has 1 saturated carbocycles. The molecule has 1 aliphatic carbocycles. The minimum absolute atomic E-state index is 0.275. The Morgan fingerprint density at radius 1 is 1.18 bits per heavy atom. The van der Waals surface area contributed by atoms with E-state index in [2.05, 4.69) is 24.4 Å². The molecule has 1 aromatic carbocycles. The molecule has 1 aliphatic rings. The second-order valence-corrected chi connectivity index (χ2v) is 6.08. The van der Waals surface area contributed by atoms with E-state index < -0.39 is 0 Å². The van der Waals surface area contributed by atoms with Crippen LogP contribution in [0.15, 0.2) is 18.2 Å². The molecule has 0 aromatic heterocycles. The van der Waals surface area contributed by atoms with Crippen molar-refractivity contribution in [3.05, 3.63) is 23.8 Å². The second-order valence-electron chi connectivity index (χ2n) is 6.08. The number of methoxy groups -OCH3 is 2. The van der Waals surface area contributed by atoms with Crippen LogP contribution in [-0.2, 0) is 0 Å². The van der Waals surface area contributed by atoms with Crippen molar-refractivity contribution >= 4 is 0 Å². The molecule has 0 amide bonds. The molecule has 124 valence electrons. The Morgan fingerprint density at radius 2 is 1.91 bits per heavy atom. The summed E-state index contributed by atoms with van der Waals surface area (Å²) >= 11 is 0. The molecule has 4 heteroatoms. The molecule has 22 heavy (non-hydrogen) atoms. The average Bonchev–Trinajstić information content (AvgIpc) is 2.59. The lowest BCUT2D eigenvalue weighted by molar-refractivity contribution is 0.145. The fraction of sp³-hybridized carbons (Fsp3) is 0.667. The quantitative estimate of drug-likeness (QED) is 0.811. The molecule has 4 nitrogen and oxygen atoms in total. The van der Waals surface area contributed by atoms with Crippen molar-refractivity contribution in [1.29, 1.82) is 0 Å². The van der Waals surface area contributed by atoms with E-state index in [0.717, 1.165) is 30.8 Å². The lowest BCUT2D eigenvalue weighted by Crippen LogP contribution is -2.42. The lowest BCUT2D eigenvalue weighted by Gasteiger charge is -2.34. The molecular weight excluding hydrogens is 278 g/mol. The molecule has 1 aromatic rings. The van der Waals surface area contributed by atoms with Gasteiger partial charge in [-0.3, -0.25) is 0 Å². The summed E-state index contributed by atoms with van der Waals surface area (Å²) in [4.78, 5) is 0. The Morgan fingerprint density at radius 3 is 2.55 bits per heavy atom. The summed E-state index contributed by atoms with van der Waals surface area (Å²) < 4.78 is 10.7. The second kappa shape index (κ2) is 8.39. The number of aliphatic hydroxyl groups excluding tert-OH is 1. The van der Waals surface area contributed by atoms with Gasteiger partial charge in [-0.15, -0.1) is 0 Å². The molecule has 0 spiro atoms. The van der Waals surface area contributed by atoms with Gasteiger partial charge in [-0.25, -0.2) is 0 Å². The standard InChI is InChI=1S/C18H29NO3/c1-4-15(19-16-8-6-5-7-14(16)12-20)13-9-10-17(21-2)18(11-13)22-3/h9-11,14-16,19-20H,4-8,12H2,1-3H3. The summed E-state index contributed by atoms with van der Waals surface area (Å²) in [5, 5.41) is 13.3. The van der Waals surface area contributed by atoms with Gasteiger partial charge in [-0.1, -0.05) is 25.8 Å². The van der Waals surface area contributed by atoms with Crippen LogP contribution in [0.1, 0.15) is 50.6 Å². The Kier molecular flexibility index (Phi) is 6.52. The molecule has 3 atom stereocenters. The summed E-state index contributed by atoms with van der Waals surface area (Å²) in [6, 6.07) is 6.78. The van der Waals surface area contributed by atoms with Crippen LogP contribution in [0.2, 0.25) is 0 Å². The monoisotopic (exact) mass is 307 g/mol. The van der Waals surface area contributed by atoms with Crippen molar-refractivity contribution in [2.24, 2.45) is 5.92 Å². The van der Waals surface area contributed by atoms with Crippen molar-refractivity contribution in [3.8, 4) is 11.5 Å². The fourth-order valence-electron chi connectivity index (χ4n) is 3.42. The first-order valence-corrected chi connectivity index (χ1v) is 8.32. The van der Waals surface area contributed by atoms with E-state index in [1.807, 2.05) is 6.07 Å². The molecule has 0 radical (unpaired) electrons. The summed E-state index contributed by atoms with van der Waals surface area (Å²) in [5.41, 5.74) is 1.21. The lowest BCUT2D eigenvalue weighted by atomic mass is 9.84.